The highest BCUT2D eigenvalue weighted by Crippen LogP contribution is 2.20. The lowest BCUT2D eigenvalue weighted by molar-refractivity contribution is 0.0343. The molecular formula is C11H12F3NO. The minimum Gasteiger partial charge on any atom is -0.360 e. The van der Waals surface area contributed by atoms with E-state index in [-0.39, 0.29) is 11.9 Å². The number of ether oxygens (including phenoxy) is 1. The Morgan fingerprint density at radius 2 is 1.81 bits per heavy atom. The van der Waals surface area contributed by atoms with Crippen LogP contribution in [0.15, 0.2) is 12.1 Å². The molecule has 88 valence electrons. The molecule has 0 saturated carbocycles. The maximum Gasteiger partial charge on any atom is 0.194 e. The van der Waals surface area contributed by atoms with Crippen molar-refractivity contribution in [3.05, 3.63) is 29.6 Å². The Morgan fingerprint density at radius 3 is 2.38 bits per heavy atom. The van der Waals surface area contributed by atoms with Gasteiger partial charge in [0.1, 0.15) is 6.23 Å². The number of hydrogen-bond acceptors (Lipinski definition) is 2. The number of benzene rings is 1. The zero-order valence-corrected chi connectivity index (χ0v) is 8.60. The lowest BCUT2D eigenvalue weighted by atomic mass is 10.2. The average molecular weight is 231 g/mol. The highest BCUT2D eigenvalue weighted by Gasteiger charge is 2.16. The highest BCUT2D eigenvalue weighted by molar-refractivity contribution is 5.44. The molecular weight excluding hydrogens is 219 g/mol. The SMILES string of the molecule is Fc1cc(NC2CCCCO2)cc(F)c1F. The summed E-state index contributed by atoms with van der Waals surface area (Å²) in [4.78, 5) is 0. The lowest BCUT2D eigenvalue weighted by Crippen LogP contribution is -2.27. The Morgan fingerprint density at radius 1 is 1.12 bits per heavy atom. The van der Waals surface area contributed by atoms with Crippen LogP contribution in [-0.2, 0) is 4.74 Å². The zero-order valence-electron chi connectivity index (χ0n) is 8.60. The summed E-state index contributed by atoms with van der Waals surface area (Å²) < 4.78 is 43.8. The first-order chi connectivity index (χ1) is 7.66. The molecule has 2 nitrogen and oxygen atoms in total. The molecule has 1 atom stereocenters. The van der Waals surface area contributed by atoms with E-state index in [1.165, 1.54) is 0 Å². The normalized spacial score (nSPS) is 20.8. The third-order valence-corrected chi connectivity index (χ3v) is 2.49. The number of nitrogens with one attached hydrogen (secondary N) is 1. The largest absolute Gasteiger partial charge is 0.360 e. The van der Waals surface area contributed by atoms with Crippen LogP contribution in [0.5, 0.6) is 0 Å². The predicted octanol–water partition coefficient (Wildman–Crippen LogP) is 3.04. The number of rotatable bonds is 2. The van der Waals surface area contributed by atoms with Crippen LogP contribution in [-0.4, -0.2) is 12.8 Å². The molecule has 1 aliphatic heterocycles. The third-order valence-electron chi connectivity index (χ3n) is 2.49. The molecule has 16 heavy (non-hydrogen) atoms. The van der Waals surface area contributed by atoms with Crippen LogP contribution in [0.25, 0.3) is 0 Å². The summed E-state index contributed by atoms with van der Waals surface area (Å²) in [5.74, 6) is -3.84. The monoisotopic (exact) mass is 231 g/mol. The Hall–Kier alpha value is -1.23. The number of hydrogen-bond donors (Lipinski definition) is 1. The molecule has 1 fully saturated rings. The van der Waals surface area contributed by atoms with Crippen LogP contribution >= 0.6 is 0 Å². The fraction of sp³-hybridized carbons (Fsp3) is 0.455. The highest BCUT2D eigenvalue weighted by atomic mass is 19.2. The Labute approximate surface area is 91.4 Å². The van der Waals surface area contributed by atoms with Crippen molar-refractivity contribution in [3.8, 4) is 0 Å². The summed E-state index contributed by atoms with van der Waals surface area (Å²) in [6.45, 7) is 0.629. The van der Waals surface area contributed by atoms with Crippen molar-refractivity contribution in [3.63, 3.8) is 0 Å². The van der Waals surface area contributed by atoms with Gasteiger partial charge in [0, 0.05) is 24.4 Å². The van der Waals surface area contributed by atoms with Gasteiger partial charge in [-0.3, -0.25) is 0 Å². The fourth-order valence-electron chi connectivity index (χ4n) is 1.68. The van der Waals surface area contributed by atoms with Gasteiger partial charge in [-0.05, 0) is 19.3 Å². The summed E-state index contributed by atoms with van der Waals surface area (Å²) in [5.41, 5.74) is 0.198. The molecule has 1 unspecified atom stereocenters. The van der Waals surface area contributed by atoms with E-state index in [1.807, 2.05) is 0 Å². The van der Waals surface area contributed by atoms with Gasteiger partial charge < -0.3 is 10.1 Å². The summed E-state index contributed by atoms with van der Waals surface area (Å²) >= 11 is 0. The second-order valence-electron chi connectivity index (χ2n) is 3.75. The minimum absolute atomic E-state index is 0.198. The van der Waals surface area contributed by atoms with Gasteiger partial charge in [0.2, 0.25) is 0 Å². The van der Waals surface area contributed by atoms with Crippen LogP contribution in [0.2, 0.25) is 0 Å². The maximum absolute atomic E-state index is 12.9. The smallest absolute Gasteiger partial charge is 0.194 e. The molecule has 1 heterocycles. The van der Waals surface area contributed by atoms with Crippen molar-refractivity contribution >= 4 is 5.69 Å². The summed E-state index contributed by atoms with van der Waals surface area (Å²) in [6.07, 6.45) is 2.52. The van der Waals surface area contributed by atoms with E-state index in [9.17, 15) is 13.2 Å². The first-order valence-corrected chi connectivity index (χ1v) is 5.19. The van der Waals surface area contributed by atoms with E-state index in [4.69, 9.17) is 4.74 Å². The van der Waals surface area contributed by atoms with Gasteiger partial charge >= 0.3 is 0 Å². The van der Waals surface area contributed by atoms with Crippen molar-refractivity contribution in [2.24, 2.45) is 0 Å². The summed E-state index contributed by atoms with van der Waals surface area (Å²) in [6, 6.07) is 1.85. The van der Waals surface area contributed by atoms with Crippen molar-refractivity contribution in [1.29, 1.82) is 0 Å². The Bertz CT molecular complexity index is 354. The third kappa shape index (κ3) is 2.47. The van der Waals surface area contributed by atoms with Crippen molar-refractivity contribution in [1.82, 2.24) is 0 Å². The summed E-state index contributed by atoms with van der Waals surface area (Å²) in [7, 11) is 0. The molecule has 0 amide bonds. The molecule has 0 radical (unpaired) electrons. The van der Waals surface area contributed by atoms with Gasteiger partial charge in [0.15, 0.2) is 17.5 Å². The first-order valence-electron chi connectivity index (χ1n) is 5.19. The molecule has 0 aromatic heterocycles. The predicted molar refractivity (Wildman–Crippen MR) is 53.5 cm³/mol. The maximum atomic E-state index is 12.9. The molecule has 0 aliphatic carbocycles. The second-order valence-corrected chi connectivity index (χ2v) is 3.75. The van der Waals surface area contributed by atoms with Gasteiger partial charge in [-0.25, -0.2) is 13.2 Å². The van der Waals surface area contributed by atoms with Crippen LogP contribution in [0.3, 0.4) is 0 Å². The van der Waals surface area contributed by atoms with Crippen molar-refractivity contribution in [2.75, 3.05) is 11.9 Å². The van der Waals surface area contributed by atoms with E-state index in [2.05, 4.69) is 5.32 Å². The quantitative estimate of drug-likeness (QED) is 0.790. The van der Waals surface area contributed by atoms with Crippen LogP contribution in [0, 0.1) is 17.5 Å². The van der Waals surface area contributed by atoms with E-state index in [0.717, 1.165) is 31.4 Å². The van der Waals surface area contributed by atoms with Crippen molar-refractivity contribution in [2.45, 2.75) is 25.5 Å². The van der Waals surface area contributed by atoms with Crippen LogP contribution < -0.4 is 5.32 Å². The summed E-state index contributed by atoms with van der Waals surface area (Å²) in [5, 5.41) is 2.82. The van der Waals surface area contributed by atoms with Gasteiger partial charge in [-0.15, -0.1) is 0 Å². The Kier molecular flexibility index (Phi) is 3.33. The standard InChI is InChI=1S/C11H12F3NO/c12-8-5-7(6-9(13)11(8)14)15-10-3-1-2-4-16-10/h5-6,10,15H,1-4H2. The number of anilines is 1. The van der Waals surface area contributed by atoms with Crippen LogP contribution in [0.1, 0.15) is 19.3 Å². The minimum atomic E-state index is -1.45. The molecule has 1 N–H and O–H groups in total. The molecule has 1 aromatic rings. The van der Waals surface area contributed by atoms with Gasteiger partial charge in [-0.2, -0.15) is 0 Å². The first kappa shape index (κ1) is 11.3. The van der Waals surface area contributed by atoms with E-state index >= 15 is 0 Å². The molecule has 1 saturated heterocycles. The molecule has 1 aliphatic rings. The molecule has 0 spiro atoms. The topological polar surface area (TPSA) is 21.3 Å². The number of halogens is 3. The van der Waals surface area contributed by atoms with Gasteiger partial charge in [0.05, 0.1) is 0 Å². The zero-order chi connectivity index (χ0) is 11.5. The fourth-order valence-corrected chi connectivity index (χ4v) is 1.68. The molecule has 1 aromatic carbocycles. The second kappa shape index (κ2) is 4.74. The van der Waals surface area contributed by atoms with Gasteiger partial charge in [-0.1, -0.05) is 0 Å². The average Bonchev–Trinajstić information content (AvgIpc) is 2.27. The lowest BCUT2D eigenvalue weighted by Gasteiger charge is -2.24. The van der Waals surface area contributed by atoms with E-state index in [0.29, 0.717) is 6.61 Å². The van der Waals surface area contributed by atoms with Crippen molar-refractivity contribution < 1.29 is 17.9 Å². The molecule has 0 bridgehead atoms. The van der Waals surface area contributed by atoms with E-state index < -0.39 is 17.5 Å². The Balaban J connectivity index is 2.09. The van der Waals surface area contributed by atoms with E-state index in [1.54, 1.807) is 0 Å². The molecule has 5 heteroatoms. The molecule has 2 rings (SSSR count). The van der Waals surface area contributed by atoms with Crippen LogP contribution in [0.4, 0.5) is 18.9 Å². The van der Waals surface area contributed by atoms with Gasteiger partial charge in [0.25, 0.3) is 0 Å².